The van der Waals surface area contributed by atoms with Gasteiger partial charge in [-0.25, -0.2) is 8.42 Å². The maximum Gasteiger partial charge on any atom is 0.264 e. The first kappa shape index (κ1) is 30.5. The molecular weight excluding hydrogens is 530 g/mol. The van der Waals surface area contributed by atoms with Gasteiger partial charge in [0.2, 0.25) is 11.8 Å². The number of carbonyl (C=O) groups is 2. The minimum absolute atomic E-state index is 0.0454. The number of rotatable bonds is 13. The van der Waals surface area contributed by atoms with Crippen molar-refractivity contribution in [1.82, 2.24) is 10.2 Å². The van der Waals surface area contributed by atoms with E-state index in [2.05, 4.69) is 5.32 Å². The van der Waals surface area contributed by atoms with Crippen LogP contribution in [0.1, 0.15) is 33.3 Å². The zero-order valence-corrected chi connectivity index (χ0v) is 24.4. The molecule has 40 heavy (non-hydrogen) atoms. The lowest BCUT2D eigenvalue weighted by Crippen LogP contribution is -2.52. The van der Waals surface area contributed by atoms with Gasteiger partial charge in [0.1, 0.15) is 24.1 Å². The molecule has 0 unspecified atom stereocenters. The van der Waals surface area contributed by atoms with Gasteiger partial charge in [-0.3, -0.25) is 13.9 Å². The molecule has 0 saturated heterocycles. The molecule has 10 heteroatoms. The van der Waals surface area contributed by atoms with Crippen molar-refractivity contribution in [3.05, 3.63) is 84.4 Å². The largest absolute Gasteiger partial charge is 0.497 e. The van der Waals surface area contributed by atoms with Crippen molar-refractivity contribution in [3.8, 4) is 11.5 Å². The smallest absolute Gasteiger partial charge is 0.264 e. The van der Waals surface area contributed by atoms with Crippen LogP contribution in [0.25, 0.3) is 0 Å². The zero-order chi connectivity index (χ0) is 29.3. The van der Waals surface area contributed by atoms with E-state index < -0.39 is 28.5 Å². The van der Waals surface area contributed by atoms with E-state index in [1.807, 2.05) is 20.8 Å². The maximum atomic E-state index is 13.9. The number of hydrogen-bond donors (Lipinski definition) is 1. The highest BCUT2D eigenvalue weighted by molar-refractivity contribution is 7.92. The zero-order valence-electron chi connectivity index (χ0n) is 23.5. The third kappa shape index (κ3) is 7.75. The van der Waals surface area contributed by atoms with Crippen molar-refractivity contribution in [3.63, 3.8) is 0 Å². The van der Waals surface area contributed by atoms with Crippen molar-refractivity contribution >= 4 is 27.5 Å². The third-order valence-electron chi connectivity index (χ3n) is 6.16. The van der Waals surface area contributed by atoms with Crippen LogP contribution in [-0.2, 0) is 26.2 Å². The summed E-state index contributed by atoms with van der Waals surface area (Å²) < 4.78 is 39.4. The molecular formula is C30H37N3O6S. The molecule has 0 spiro atoms. The molecule has 3 aromatic carbocycles. The fourth-order valence-electron chi connectivity index (χ4n) is 4.04. The van der Waals surface area contributed by atoms with Gasteiger partial charge in [-0.05, 0) is 81.8 Å². The molecule has 214 valence electrons. The number of sulfonamides is 1. The van der Waals surface area contributed by atoms with Crippen molar-refractivity contribution in [2.45, 2.75) is 51.2 Å². The predicted molar refractivity (Wildman–Crippen MR) is 155 cm³/mol. The number of hydrogen-bond acceptors (Lipinski definition) is 6. The number of benzene rings is 3. The standard InChI is InChI=1S/C30H37N3O6S/c1-6-39-27-18-14-25(15-19-27)33(40(36,37)28-10-8-7-9-11-28)21-29(34)32(23(4)30(35)31-22(2)3)20-24-12-16-26(38-5)17-13-24/h7-19,22-23H,6,20-21H2,1-5H3,(H,31,35)/t23-/m1/s1. The summed E-state index contributed by atoms with van der Waals surface area (Å²) in [6, 6.07) is 20.6. The topological polar surface area (TPSA) is 105 Å². The molecule has 0 saturated carbocycles. The fraction of sp³-hybridized carbons (Fsp3) is 0.333. The Morgan fingerprint density at radius 1 is 0.875 bits per heavy atom. The van der Waals surface area contributed by atoms with Crippen molar-refractivity contribution in [2.24, 2.45) is 0 Å². The summed E-state index contributed by atoms with van der Waals surface area (Å²) in [5.41, 5.74) is 1.06. The Labute approximate surface area is 236 Å². The van der Waals surface area contributed by atoms with Gasteiger partial charge in [0.15, 0.2) is 0 Å². The molecule has 0 aliphatic carbocycles. The second kappa shape index (κ2) is 13.8. The van der Waals surface area contributed by atoms with Gasteiger partial charge < -0.3 is 19.7 Å². The average Bonchev–Trinajstić information content (AvgIpc) is 2.95. The van der Waals surface area contributed by atoms with E-state index in [9.17, 15) is 18.0 Å². The predicted octanol–water partition coefficient (Wildman–Crippen LogP) is 4.23. The van der Waals surface area contributed by atoms with Crippen LogP contribution >= 0.6 is 0 Å². The molecule has 0 radical (unpaired) electrons. The van der Waals surface area contributed by atoms with Crippen LogP contribution in [0.15, 0.2) is 83.8 Å². The lowest BCUT2D eigenvalue weighted by atomic mass is 10.1. The third-order valence-corrected chi connectivity index (χ3v) is 7.94. The minimum atomic E-state index is -4.13. The first-order chi connectivity index (χ1) is 19.1. The van der Waals surface area contributed by atoms with Gasteiger partial charge in [-0.1, -0.05) is 30.3 Å². The normalized spacial score (nSPS) is 11.9. The molecule has 1 atom stereocenters. The van der Waals surface area contributed by atoms with Gasteiger partial charge in [-0.2, -0.15) is 0 Å². The van der Waals surface area contributed by atoms with E-state index in [-0.39, 0.29) is 23.4 Å². The SMILES string of the molecule is CCOc1ccc(N(CC(=O)N(Cc2ccc(OC)cc2)[C@H](C)C(=O)NC(C)C)S(=O)(=O)c2ccccc2)cc1. The van der Waals surface area contributed by atoms with Crippen molar-refractivity contribution in [2.75, 3.05) is 24.6 Å². The molecule has 0 fully saturated rings. The van der Waals surface area contributed by atoms with Crippen LogP contribution in [0, 0.1) is 0 Å². The molecule has 3 rings (SSSR count). The Bertz CT molecular complexity index is 1360. The monoisotopic (exact) mass is 567 g/mol. The maximum absolute atomic E-state index is 13.9. The second-order valence-corrected chi connectivity index (χ2v) is 11.3. The van der Waals surface area contributed by atoms with E-state index in [0.717, 1.165) is 9.87 Å². The lowest BCUT2D eigenvalue weighted by molar-refractivity contribution is -0.139. The molecule has 0 heterocycles. The van der Waals surface area contributed by atoms with E-state index in [1.165, 1.54) is 17.0 Å². The second-order valence-electron chi connectivity index (χ2n) is 9.46. The summed E-state index contributed by atoms with van der Waals surface area (Å²) in [6.45, 7) is 7.19. The highest BCUT2D eigenvalue weighted by atomic mass is 32.2. The molecule has 1 N–H and O–H groups in total. The Morgan fingerprint density at radius 2 is 1.48 bits per heavy atom. The molecule has 0 bridgehead atoms. The van der Waals surface area contributed by atoms with Gasteiger partial charge in [0.05, 0.1) is 24.3 Å². The molecule has 0 aliphatic rings. The Kier molecular flexibility index (Phi) is 10.6. The quantitative estimate of drug-likeness (QED) is 0.332. The summed E-state index contributed by atoms with van der Waals surface area (Å²) >= 11 is 0. The fourth-order valence-corrected chi connectivity index (χ4v) is 5.47. The van der Waals surface area contributed by atoms with Gasteiger partial charge in [-0.15, -0.1) is 0 Å². The number of nitrogens with zero attached hydrogens (tertiary/aromatic N) is 2. The Balaban J connectivity index is 2.01. The van der Waals surface area contributed by atoms with E-state index >= 15 is 0 Å². The van der Waals surface area contributed by atoms with Crippen LogP contribution in [0.2, 0.25) is 0 Å². The highest BCUT2D eigenvalue weighted by Gasteiger charge is 2.32. The summed E-state index contributed by atoms with van der Waals surface area (Å²) in [7, 11) is -2.57. The molecule has 0 aliphatic heterocycles. The van der Waals surface area contributed by atoms with Crippen LogP contribution in [0.3, 0.4) is 0 Å². The van der Waals surface area contributed by atoms with E-state index in [0.29, 0.717) is 23.8 Å². The summed E-state index contributed by atoms with van der Waals surface area (Å²) in [6.07, 6.45) is 0. The van der Waals surface area contributed by atoms with E-state index in [1.54, 1.807) is 80.8 Å². The Morgan fingerprint density at radius 3 is 2.02 bits per heavy atom. The van der Waals surface area contributed by atoms with Crippen LogP contribution in [0.5, 0.6) is 11.5 Å². The molecule has 9 nitrogen and oxygen atoms in total. The average molecular weight is 568 g/mol. The van der Waals surface area contributed by atoms with Crippen molar-refractivity contribution < 1.29 is 27.5 Å². The number of amides is 2. The van der Waals surface area contributed by atoms with Crippen molar-refractivity contribution in [1.29, 1.82) is 0 Å². The highest BCUT2D eigenvalue weighted by Crippen LogP contribution is 2.27. The molecule has 0 aromatic heterocycles. The van der Waals surface area contributed by atoms with Gasteiger partial charge in [0, 0.05) is 12.6 Å². The first-order valence-electron chi connectivity index (χ1n) is 13.1. The van der Waals surface area contributed by atoms with Gasteiger partial charge >= 0.3 is 0 Å². The van der Waals surface area contributed by atoms with Gasteiger partial charge in [0.25, 0.3) is 10.0 Å². The first-order valence-corrected chi connectivity index (χ1v) is 14.5. The molecule has 3 aromatic rings. The summed E-state index contributed by atoms with van der Waals surface area (Å²) in [4.78, 5) is 28.4. The minimum Gasteiger partial charge on any atom is -0.497 e. The van der Waals surface area contributed by atoms with Crippen LogP contribution in [-0.4, -0.2) is 57.5 Å². The molecule has 2 amide bonds. The van der Waals surface area contributed by atoms with Crippen LogP contribution in [0.4, 0.5) is 5.69 Å². The number of nitrogens with one attached hydrogen (secondary N) is 1. The van der Waals surface area contributed by atoms with E-state index in [4.69, 9.17) is 9.47 Å². The lowest BCUT2D eigenvalue weighted by Gasteiger charge is -2.32. The number of ether oxygens (including phenoxy) is 2. The number of methoxy groups -OCH3 is 1. The number of carbonyl (C=O) groups excluding carboxylic acids is 2. The van der Waals surface area contributed by atoms with Crippen LogP contribution < -0.4 is 19.1 Å². The summed E-state index contributed by atoms with van der Waals surface area (Å²) in [5, 5.41) is 2.84. The Hall–Kier alpha value is -4.05. The summed E-state index contributed by atoms with van der Waals surface area (Å²) in [5.74, 6) is 0.364. The number of anilines is 1.